The van der Waals surface area contributed by atoms with Crippen LogP contribution in [0.15, 0.2) is 82.2 Å². The van der Waals surface area contributed by atoms with Crippen LogP contribution >= 0.6 is 28.1 Å². The topological polar surface area (TPSA) is 84.5 Å². The zero-order valence-corrected chi connectivity index (χ0v) is 19.6. The Bertz CT molecular complexity index is 1320. The van der Waals surface area contributed by atoms with Crippen molar-refractivity contribution in [3.63, 3.8) is 0 Å². The second-order valence-corrected chi connectivity index (χ2v) is 9.93. The smallest absolute Gasteiger partial charge is 0.339 e. The van der Waals surface area contributed by atoms with E-state index in [9.17, 15) is 17.6 Å². The second kappa shape index (κ2) is 8.61. The molecule has 32 heavy (non-hydrogen) atoms. The predicted molar refractivity (Wildman–Crippen MR) is 124 cm³/mol. The van der Waals surface area contributed by atoms with Crippen molar-refractivity contribution in [2.24, 2.45) is 0 Å². The minimum atomic E-state index is -4.06. The number of amides is 1. The van der Waals surface area contributed by atoms with Gasteiger partial charge in [-0.05, 0) is 75.7 Å². The quantitative estimate of drug-likeness (QED) is 0.369. The molecule has 1 saturated heterocycles. The van der Waals surface area contributed by atoms with Crippen LogP contribution in [0.1, 0.15) is 11.1 Å². The molecule has 3 aromatic rings. The number of benzene rings is 3. The van der Waals surface area contributed by atoms with Crippen LogP contribution in [0.2, 0.25) is 0 Å². The molecule has 1 aliphatic heterocycles. The molecule has 4 rings (SSSR count). The Hall–Kier alpha value is -2.82. The number of hydrogen-bond acceptors (Lipinski definition) is 5. The molecule has 0 radical (unpaired) electrons. The molecule has 6 nitrogen and oxygen atoms in total. The summed E-state index contributed by atoms with van der Waals surface area (Å²) in [7, 11) is -4.06. The summed E-state index contributed by atoms with van der Waals surface area (Å²) >= 11 is 8.31. The van der Waals surface area contributed by atoms with Gasteiger partial charge in [0.1, 0.15) is 22.0 Å². The summed E-state index contributed by atoms with van der Waals surface area (Å²) in [6, 6.07) is 18.4. The standard InChI is InChI=1S/C22H16BrFN2O4S2/c23-18-11-14(9-10-19(18)24)13-22(20(27)25-21(31)26-22)15-5-4-6-16(12-15)30-32(28,29)17-7-2-1-3-8-17/h1-12H,13H2,(H2,25,26,27,31). The summed E-state index contributed by atoms with van der Waals surface area (Å²) in [6.07, 6.45) is 0.132. The van der Waals surface area contributed by atoms with Crippen LogP contribution in [-0.4, -0.2) is 19.4 Å². The monoisotopic (exact) mass is 534 g/mol. The van der Waals surface area contributed by atoms with Crippen molar-refractivity contribution in [1.29, 1.82) is 0 Å². The lowest BCUT2D eigenvalue weighted by Gasteiger charge is -2.28. The van der Waals surface area contributed by atoms with Gasteiger partial charge in [0, 0.05) is 6.42 Å². The SMILES string of the molecule is O=C1NC(=S)NC1(Cc1ccc(F)c(Br)c1)c1cccc(OS(=O)(=O)c2ccccc2)c1. The number of thiocarbonyl (C=S) groups is 1. The number of nitrogens with one attached hydrogen (secondary N) is 2. The van der Waals surface area contributed by atoms with E-state index in [-0.39, 0.29) is 26.7 Å². The van der Waals surface area contributed by atoms with Gasteiger partial charge in [0.15, 0.2) is 5.11 Å². The maximum absolute atomic E-state index is 13.7. The van der Waals surface area contributed by atoms with Gasteiger partial charge in [0.2, 0.25) is 0 Å². The number of halogens is 2. The van der Waals surface area contributed by atoms with Crippen molar-refractivity contribution in [1.82, 2.24) is 10.6 Å². The summed E-state index contributed by atoms with van der Waals surface area (Å²) < 4.78 is 44.5. The Morgan fingerprint density at radius 2 is 1.78 bits per heavy atom. The lowest BCUT2D eigenvalue weighted by Crippen LogP contribution is -2.45. The molecule has 3 aromatic carbocycles. The molecule has 1 unspecified atom stereocenters. The van der Waals surface area contributed by atoms with Crippen LogP contribution in [0, 0.1) is 5.82 Å². The van der Waals surface area contributed by atoms with E-state index in [4.69, 9.17) is 16.4 Å². The van der Waals surface area contributed by atoms with E-state index in [2.05, 4.69) is 26.6 Å². The number of carbonyl (C=O) groups is 1. The highest BCUT2D eigenvalue weighted by molar-refractivity contribution is 9.10. The van der Waals surface area contributed by atoms with Gasteiger partial charge in [-0.15, -0.1) is 0 Å². The molecule has 1 aliphatic rings. The van der Waals surface area contributed by atoms with Crippen molar-refractivity contribution in [2.75, 3.05) is 0 Å². The van der Waals surface area contributed by atoms with Crippen LogP contribution in [0.25, 0.3) is 0 Å². The van der Waals surface area contributed by atoms with Crippen molar-refractivity contribution >= 4 is 49.3 Å². The summed E-state index contributed by atoms with van der Waals surface area (Å²) in [5.41, 5.74) is -0.227. The van der Waals surface area contributed by atoms with Gasteiger partial charge in [0.25, 0.3) is 5.91 Å². The molecule has 1 atom stereocenters. The Morgan fingerprint density at radius 1 is 1.03 bits per heavy atom. The van der Waals surface area contributed by atoms with Crippen molar-refractivity contribution in [2.45, 2.75) is 16.9 Å². The van der Waals surface area contributed by atoms with Gasteiger partial charge in [0.05, 0.1) is 4.47 Å². The fraction of sp³-hybridized carbons (Fsp3) is 0.0909. The molecule has 0 spiro atoms. The fourth-order valence-electron chi connectivity index (χ4n) is 3.45. The minimum Gasteiger partial charge on any atom is -0.379 e. The first kappa shape index (κ1) is 22.4. The zero-order valence-electron chi connectivity index (χ0n) is 16.3. The average molecular weight is 535 g/mol. The largest absolute Gasteiger partial charge is 0.379 e. The lowest BCUT2D eigenvalue weighted by molar-refractivity contribution is -0.124. The molecule has 0 aromatic heterocycles. The Balaban J connectivity index is 1.72. The van der Waals surface area contributed by atoms with Crippen LogP contribution in [0.3, 0.4) is 0 Å². The third-order valence-corrected chi connectivity index (χ3v) is 7.03. The van der Waals surface area contributed by atoms with Crippen molar-refractivity contribution < 1.29 is 21.8 Å². The lowest BCUT2D eigenvalue weighted by atomic mass is 9.83. The zero-order chi connectivity index (χ0) is 22.9. The predicted octanol–water partition coefficient (Wildman–Crippen LogP) is 3.80. The molecule has 164 valence electrons. The first-order valence-corrected chi connectivity index (χ1v) is 12.0. The third kappa shape index (κ3) is 4.38. The molecular formula is C22H16BrFN2O4S2. The summed E-state index contributed by atoms with van der Waals surface area (Å²) in [4.78, 5) is 13.0. The first-order valence-electron chi connectivity index (χ1n) is 9.37. The van der Waals surface area contributed by atoms with Crippen LogP contribution in [0.4, 0.5) is 4.39 Å². The minimum absolute atomic E-state index is 0.00851. The average Bonchev–Trinajstić information content (AvgIpc) is 3.05. The van der Waals surface area contributed by atoms with Crippen molar-refractivity contribution in [3.8, 4) is 5.75 Å². The Morgan fingerprint density at radius 3 is 2.44 bits per heavy atom. The summed E-state index contributed by atoms with van der Waals surface area (Å²) in [6.45, 7) is 0. The van der Waals surface area contributed by atoms with E-state index in [1.165, 1.54) is 30.3 Å². The van der Waals surface area contributed by atoms with E-state index < -0.39 is 27.4 Å². The van der Waals surface area contributed by atoms with Crippen molar-refractivity contribution in [3.05, 3.63) is 94.2 Å². The number of hydrogen-bond donors (Lipinski definition) is 2. The second-order valence-electron chi connectivity index (χ2n) is 7.12. The van der Waals surface area contributed by atoms with Gasteiger partial charge in [-0.1, -0.05) is 36.4 Å². The third-order valence-electron chi connectivity index (χ3n) is 4.96. The van der Waals surface area contributed by atoms with Gasteiger partial charge < -0.3 is 14.8 Å². The fourth-order valence-corrected chi connectivity index (χ4v) is 5.09. The molecule has 2 N–H and O–H groups in total. The van der Waals surface area contributed by atoms with Gasteiger partial charge >= 0.3 is 10.1 Å². The highest BCUT2D eigenvalue weighted by Gasteiger charge is 2.46. The van der Waals surface area contributed by atoms with Crippen LogP contribution < -0.4 is 14.8 Å². The van der Waals surface area contributed by atoms with Gasteiger partial charge in [-0.2, -0.15) is 8.42 Å². The Kier molecular flexibility index (Phi) is 6.02. The Labute approximate surface area is 198 Å². The van der Waals surface area contributed by atoms with E-state index in [0.29, 0.717) is 11.1 Å². The molecule has 0 aliphatic carbocycles. The molecule has 0 saturated carbocycles. The van der Waals surface area contributed by atoms with Crippen LogP contribution in [0.5, 0.6) is 5.75 Å². The first-order chi connectivity index (χ1) is 15.2. The molecular weight excluding hydrogens is 519 g/mol. The highest BCUT2D eigenvalue weighted by Crippen LogP contribution is 2.33. The highest BCUT2D eigenvalue weighted by atomic mass is 79.9. The maximum atomic E-state index is 13.7. The van der Waals surface area contributed by atoms with Gasteiger partial charge in [-0.25, -0.2) is 4.39 Å². The van der Waals surface area contributed by atoms with Gasteiger partial charge in [-0.3, -0.25) is 4.79 Å². The van der Waals surface area contributed by atoms with E-state index >= 15 is 0 Å². The molecule has 1 amide bonds. The van der Waals surface area contributed by atoms with E-state index in [1.54, 1.807) is 42.5 Å². The van der Waals surface area contributed by atoms with Crippen LogP contribution in [-0.2, 0) is 26.9 Å². The van der Waals surface area contributed by atoms with E-state index in [1.807, 2.05) is 0 Å². The number of carbonyl (C=O) groups excluding carboxylic acids is 1. The molecule has 1 fully saturated rings. The number of rotatable bonds is 6. The normalized spacial score (nSPS) is 18.2. The summed E-state index contributed by atoms with van der Waals surface area (Å²) in [5, 5.41) is 5.72. The molecule has 10 heteroatoms. The maximum Gasteiger partial charge on any atom is 0.339 e. The summed E-state index contributed by atoms with van der Waals surface area (Å²) in [5.74, 6) is -0.798. The molecule has 0 bridgehead atoms. The molecule has 1 heterocycles. The van der Waals surface area contributed by atoms with E-state index in [0.717, 1.165) is 0 Å².